The van der Waals surface area contributed by atoms with Crippen LogP contribution in [-0.2, 0) is 0 Å². The summed E-state index contributed by atoms with van der Waals surface area (Å²) in [5, 5.41) is 15.0. The Morgan fingerprint density at radius 1 is 1.30 bits per heavy atom. The number of nitrogens with two attached hydrogens (primary N) is 1. The van der Waals surface area contributed by atoms with Crippen LogP contribution in [0, 0.1) is 27.4 Å². The molecule has 1 spiro atoms. The minimum absolute atomic E-state index is 0.0453. The number of non-ortho nitro benzene ring substituents is 1. The normalized spacial score (nSPS) is 30.6. The molecule has 2 bridgehead atoms. The summed E-state index contributed by atoms with van der Waals surface area (Å²) in [7, 11) is 0. The molecule has 140 valence electrons. The van der Waals surface area contributed by atoms with Crippen LogP contribution >= 0.6 is 11.3 Å². The second-order valence-corrected chi connectivity index (χ2v) is 9.08. The number of nitro groups is 1. The number of hydrogen-bond acceptors (Lipinski definition) is 7. The monoisotopic (exact) mass is 384 g/mol. The maximum atomic E-state index is 12.7. The van der Waals surface area contributed by atoms with E-state index >= 15 is 0 Å². The molecule has 3 aliphatic carbocycles. The van der Waals surface area contributed by atoms with Crippen molar-refractivity contribution in [2.24, 2.45) is 17.3 Å². The summed E-state index contributed by atoms with van der Waals surface area (Å²) >= 11 is 1.27. The van der Waals surface area contributed by atoms with Crippen molar-refractivity contribution in [2.75, 3.05) is 11.1 Å². The van der Waals surface area contributed by atoms with Crippen LogP contribution in [0.1, 0.15) is 47.3 Å². The minimum Gasteiger partial charge on any atom is -0.382 e. The van der Waals surface area contributed by atoms with Gasteiger partial charge in [-0.05, 0) is 55.1 Å². The highest BCUT2D eigenvalue weighted by Gasteiger charge is 2.65. The van der Waals surface area contributed by atoms with Crippen LogP contribution in [0.25, 0.3) is 0 Å². The third kappa shape index (κ3) is 2.62. The zero-order valence-electron chi connectivity index (χ0n) is 14.7. The van der Waals surface area contributed by atoms with Gasteiger partial charge in [-0.3, -0.25) is 14.9 Å². The van der Waals surface area contributed by atoms with Gasteiger partial charge in [0.1, 0.15) is 10.7 Å². The Hall–Kier alpha value is -2.48. The number of nitrogen functional groups attached to an aromatic ring is 1. The lowest BCUT2D eigenvalue weighted by molar-refractivity contribution is -0.384. The second-order valence-electron chi connectivity index (χ2n) is 8.08. The van der Waals surface area contributed by atoms with Crippen LogP contribution in [0.2, 0.25) is 0 Å². The van der Waals surface area contributed by atoms with Crippen LogP contribution in [0.5, 0.6) is 0 Å². The number of anilines is 2. The molecule has 1 heterocycles. The molecular weight excluding hydrogens is 364 g/mol. The maximum Gasteiger partial charge on any atom is 0.269 e. The number of benzene rings is 1. The third-order valence-corrected chi connectivity index (χ3v) is 7.64. The van der Waals surface area contributed by atoms with E-state index in [9.17, 15) is 14.9 Å². The van der Waals surface area contributed by atoms with E-state index < -0.39 is 4.92 Å². The molecule has 5 rings (SSSR count). The third-order valence-electron chi connectivity index (χ3n) is 6.64. The van der Waals surface area contributed by atoms with Gasteiger partial charge >= 0.3 is 0 Å². The Bertz CT molecular complexity index is 941. The van der Waals surface area contributed by atoms with E-state index in [-0.39, 0.29) is 17.3 Å². The quantitative estimate of drug-likeness (QED) is 0.460. The van der Waals surface area contributed by atoms with E-state index in [0.29, 0.717) is 27.0 Å². The summed E-state index contributed by atoms with van der Waals surface area (Å²) in [6.07, 6.45) is 6.64. The van der Waals surface area contributed by atoms with Crippen LogP contribution in [0.15, 0.2) is 24.3 Å². The number of fused-ring (bicyclic) bond motifs is 3. The van der Waals surface area contributed by atoms with Crippen molar-refractivity contribution >= 4 is 33.8 Å². The summed E-state index contributed by atoms with van der Waals surface area (Å²) in [6.45, 7) is 0. The first-order valence-electron chi connectivity index (χ1n) is 9.28. The van der Waals surface area contributed by atoms with Crippen LogP contribution < -0.4 is 11.1 Å². The van der Waals surface area contributed by atoms with Crippen LogP contribution in [-0.4, -0.2) is 21.7 Å². The molecule has 1 aromatic heterocycles. The first-order valence-corrected chi connectivity index (χ1v) is 10.1. The van der Waals surface area contributed by atoms with E-state index in [1.165, 1.54) is 67.7 Å². The zero-order valence-corrected chi connectivity index (χ0v) is 15.5. The number of aromatic nitrogens is 1. The summed E-state index contributed by atoms with van der Waals surface area (Å²) < 4.78 is 0. The molecule has 3 fully saturated rings. The van der Waals surface area contributed by atoms with E-state index in [1.54, 1.807) is 0 Å². The summed E-state index contributed by atoms with van der Waals surface area (Å²) in [4.78, 5) is 27.7. The number of nitrogens with zero attached hydrogens (tertiary/aromatic N) is 2. The standard InChI is InChI=1S/C19H20N4O3S/c20-17-16(15(24)11-2-5-13(6-3-11)23(25)26)27-18(22-17)21-14-9-19(14)8-10-1-4-12(19)7-10/h2-3,5-6,10,12,14H,1,4,7-9,20H2,(H,21,22). The predicted molar refractivity (Wildman–Crippen MR) is 103 cm³/mol. The minimum atomic E-state index is -0.488. The van der Waals surface area contributed by atoms with Gasteiger partial charge in [-0.25, -0.2) is 4.98 Å². The summed E-state index contributed by atoms with van der Waals surface area (Å²) in [6, 6.07) is 6.01. The van der Waals surface area contributed by atoms with Gasteiger partial charge in [-0.15, -0.1) is 0 Å². The lowest BCUT2D eigenvalue weighted by atomic mass is 9.85. The first-order chi connectivity index (χ1) is 13.0. The zero-order chi connectivity index (χ0) is 18.8. The smallest absolute Gasteiger partial charge is 0.269 e. The number of ketones is 1. The van der Waals surface area contributed by atoms with E-state index in [1.807, 2.05) is 0 Å². The highest BCUT2D eigenvalue weighted by Crippen LogP contribution is 2.69. The molecule has 4 unspecified atom stereocenters. The van der Waals surface area contributed by atoms with E-state index in [4.69, 9.17) is 5.73 Å². The van der Waals surface area contributed by atoms with Gasteiger partial charge in [0.05, 0.1) is 4.92 Å². The molecular formula is C19H20N4O3S. The summed E-state index contributed by atoms with van der Waals surface area (Å²) in [5.41, 5.74) is 6.77. The largest absolute Gasteiger partial charge is 0.382 e. The van der Waals surface area contributed by atoms with Gasteiger partial charge in [-0.1, -0.05) is 17.8 Å². The number of thiazole rings is 1. The fourth-order valence-electron chi connectivity index (χ4n) is 5.25. The Morgan fingerprint density at radius 2 is 2.07 bits per heavy atom. The average Bonchev–Trinajstić information content (AvgIpc) is 3.02. The molecule has 0 radical (unpaired) electrons. The molecule has 1 aromatic carbocycles. The predicted octanol–water partition coefficient (Wildman–Crippen LogP) is 3.86. The maximum absolute atomic E-state index is 12.7. The van der Waals surface area contributed by atoms with Gasteiger partial charge in [0.25, 0.3) is 5.69 Å². The summed E-state index contributed by atoms with van der Waals surface area (Å²) in [5.74, 6) is 1.72. The van der Waals surface area contributed by atoms with Crippen molar-refractivity contribution in [3.05, 3.63) is 44.8 Å². The number of carbonyl (C=O) groups is 1. The molecule has 7 nitrogen and oxygen atoms in total. The fraction of sp³-hybridized carbons (Fsp3) is 0.474. The fourth-order valence-corrected chi connectivity index (χ4v) is 6.15. The first kappa shape index (κ1) is 16.7. The molecule has 0 saturated heterocycles. The van der Waals surface area contributed by atoms with Crippen molar-refractivity contribution < 1.29 is 9.72 Å². The lowest BCUT2D eigenvalue weighted by Gasteiger charge is -2.22. The number of nitro benzene ring substituents is 1. The lowest BCUT2D eigenvalue weighted by Crippen LogP contribution is -2.20. The van der Waals surface area contributed by atoms with E-state index in [2.05, 4.69) is 10.3 Å². The SMILES string of the molecule is Nc1nc(NC2CC23CC2CCC3C2)sc1C(=O)c1ccc([N+](=O)[O-])cc1. The van der Waals surface area contributed by atoms with Crippen molar-refractivity contribution in [3.63, 3.8) is 0 Å². The molecule has 0 amide bonds. The van der Waals surface area contributed by atoms with Crippen LogP contribution in [0.4, 0.5) is 16.6 Å². The molecule has 3 saturated carbocycles. The Balaban J connectivity index is 1.31. The van der Waals surface area contributed by atoms with Crippen molar-refractivity contribution in [3.8, 4) is 0 Å². The molecule has 27 heavy (non-hydrogen) atoms. The van der Waals surface area contributed by atoms with Crippen LogP contribution in [0.3, 0.4) is 0 Å². The number of hydrogen-bond donors (Lipinski definition) is 2. The molecule has 3 aliphatic rings. The van der Waals surface area contributed by atoms with Gasteiger partial charge in [-0.2, -0.15) is 0 Å². The van der Waals surface area contributed by atoms with Gasteiger partial charge < -0.3 is 11.1 Å². The van der Waals surface area contributed by atoms with Crippen molar-refractivity contribution in [1.29, 1.82) is 0 Å². The van der Waals surface area contributed by atoms with E-state index in [0.717, 1.165) is 11.8 Å². The number of nitrogens with one attached hydrogen (secondary N) is 1. The second kappa shape index (κ2) is 5.76. The van der Waals surface area contributed by atoms with Crippen molar-refractivity contribution in [1.82, 2.24) is 4.98 Å². The molecule has 0 aliphatic heterocycles. The van der Waals surface area contributed by atoms with Gasteiger partial charge in [0.2, 0.25) is 5.78 Å². The Kier molecular flexibility index (Phi) is 3.56. The highest BCUT2D eigenvalue weighted by atomic mass is 32.1. The Labute approximate surface area is 160 Å². The number of carbonyl (C=O) groups excluding carboxylic acids is 1. The topological polar surface area (TPSA) is 111 Å². The molecule has 3 N–H and O–H groups in total. The molecule has 2 aromatic rings. The van der Waals surface area contributed by atoms with Gasteiger partial charge in [0, 0.05) is 23.7 Å². The number of rotatable bonds is 5. The molecule has 4 atom stereocenters. The van der Waals surface area contributed by atoms with Gasteiger partial charge in [0.15, 0.2) is 5.13 Å². The molecule has 8 heteroatoms. The average molecular weight is 384 g/mol. The van der Waals surface area contributed by atoms with Crippen molar-refractivity contribution in [2.45, 2.75) is 38.1 Å². The Morgan fingerprint density at radius 3 is 2.70 bits per heavy atom. The highest BCUT2D eigenvalue weighted by molar-refractivity contribution is 7.18.